The van der Waals surface area contributed by atoms with Crippen molar-refractivity contribution in [3.05, 3.63) is 0 Å². The number of carboxylic acid groups (broad SMARTS) is 1. The molecule has 0 spiro atoms. The number of carboxylic acids is 1. The Kier molecular flexibility index (Phi) is 3.34. The molecule has 0 radical (unpaired) electrons. The van der Waals surface area contributed by atoms with Crippen LogP contribution >= 0.6 is 0 Å². The molecule has 4 heteroatoms. The molecule has 1 saturated heterocycles. The number of fused-ring (bicyclic) bond motifs is 2. The summed E-state index contributed by atoms with van der Waals surface area (Å²) in [6.45, 7) is 7.79. The van der Waals surface area contributed by atoms with Crippen molar-refractivity contribution in [1.29, 1.82) is 0 Å². The molecule has 4 nitrogen and oxygen atoms in total. The van der Waals surface area contributed by atoms with E-state index in [1.54, 1.807) is 0 Å². The van der Waals surface area contributed by atoms with Crippen LogP contribution in [0, 0.1) is 22.7 Å². The molecule has 3 fully saturated rings. The van der Waals surface area contributed by atoms with E-state index in [1.165, 1.54) is 6.42 Å². The van der Waals surface area contributed by atoms with E-state index in [4.69, 9.17) is 5.11 Å². The normalized spacial score (nSPS) is 41.3. The summed E-state index contributed by atoms with van der Waals surface area (Å²) in [4.78, 5) is 26.0. The number of likely N-dealkylation sites (tertiary alicyclic amines) is 1. The van der Waals surface area contributed by atoms with Crippen LogP contribution < -0.4 is 0 Å². The number of rotatable bonds is 2. The molecule has 0 aromatic rings. The average molecular weight is 293 g/mol. The lowest BCUT2D eigenvalue weighted by Crippen LogP contribution is -2.40. The molecule has 2 saturated carbocycles. The molecule has 1 heterocycles. The quantitative estimate of drug-likeness (QED) is 0.851. The number of hydrogen-bond acceptors (Lipinski definition) is 2. The van der Waals surface area contributed by atoms with Crippen molar-refractivity contribution in [3.8, 4) is 0 Å². The van der Waals surface area contributed by atoms with Crippen molar-refractivity contribution in [1.82, 2.24) is 4.90 Å². The van der Waals surface area contributed by atoms with E-state index < -0.39 is 5.97 Å². The summed E-state index contributed by atoms with van der Waals surface area (Å²) in [6.07, 6.45) is 5.34. The lowest BCUT2D eigenvalue weighted by molar-refractivity contribution is -0.141. The highest BCUT2D eigenvalue weighted by molar-refractivity contribution is 5.81. The lowest BCUT2D eigenvalue weighted by Gasteiger charge is -2.39. The standard InChI is InChI=1S/C17H27NO3/c1-16(2)7-13-8-17(3,9-16)10-18(13)14(19)11-4-5-12(6-11)15(20)21/h11-13H,4-10H2,1-3H3,(H,20,21)/t11-,12+,13?,17?/m1/s1. The summed E-state index contributed by atoms with van der Waals surface area (Å²) in [5, 5.41) is 9.11. The minimum atomic E-state index is -0.737. The van der Waals surface area contributed by atoms with E-state index in [9.17, 15) is 9.59 Å². The minimum Gasteiger partial charge on any atom is -0.481 e. The van der Waals surface area contributed by atoms with Gasteiger partial charge in [-0.3, -0.25) is 9.59 Å². The number of aliphatic carboxylic acids is 1. The van der Waals surface area contributed by atoms with Crippen molar-refractivity contribution < 1.29 is 14.7 Å². The maximum atomic E-state index is 12.8. The van der Waals surface area contributed by atoms with Gasteiger partial charge in [0.15, 0.2) is 0 Å². The van der Waals surface area contributed by atoms with E-state index in [1.807, 2.05) is 0 Å². The molecule has 1 amide bonds. The molecule has 118 valence electrons. The molecule has 21 heavy (non-hydrogen) atoms. The maximum Gasteiger partial charge on any atom is 0.306 e. The summed E-state index contributed by atoms with van der Waals surface area (Å²) >= 11 is 0. The van der Waals surface area contributed by atoms with Crippen molar-refractivity contribution >= 4 is 11.9 Å². The zero-order valence-corrected chi connectivity index (χ0v) is 13.4. The summed E-state index contributed by atoms with van der Waals surface area (Å²) < 4.78 is 0. The van der Waals surface area contributed by atoms with Crippen LogP contribution in [0.3, 0.4) is 0 Å². The third kappa shape index (κ3) is 2.69. The Bertz CT molecular complexity index is 473. The van der Waals surface area contributed by atoms with Gasteiger partial charge in [-0.2, -0.15) is 0 Å². The largest absolute Gasteiger partial charge is 0.481 e. The molecule has 1 N–H and O–H groups in total. The summed E-state index contributed by atoms with van der Waals surface area (Å²) in [5.41, 5.74) is 0.568. The van der Waals surface area contributed by atoms with Gasteiger partial charge in [-0.05, 0) is 49.4 Å². The Morgan fingerprint density at radius 2 is 1.76 bits per heavy atom. The molecular weight excluding hydrogens is 266 g/mol. The molecule has 1 aliphatic heterocycles. The van der Waals surface area contributed by atoms with E-state index in [2.05, 4.69) is 25.7 Å². The summed E-state index contributed by atoms with van der Waals surface area (Å²) in [5.74, 6) is -0.881. The second kappa shape index (κ2) is 4.72. The number of hydrogen-bond donors (Lipinski definition) is 1. The van der Waals surface area contributed by atoms with E-state index >= 15 is 0 Å². The second-order valence-corrected chi connectivity index (χ2v) is 8.72. The lowest BCUT2D eigenvalue weighted by atomic mass is 9.65. The Morgan fingerprint density at radius 1 is 1.10 bits per heavy atom. The van der Waals surface area contributed by atoms with Crippen LogP contribution in [-0.2, 0) is 9.59 Å². The zero-order chi connectivity index (χ0) is 15.4. The van der Waals surface area contributed by atoms with Crippen LogP contribution in [0.2, 0.25) is 0 Å². The van der Waals surface area contributed by atoms with Gasteiger partial charge in [0.1, 0.15) is 0 Å². The van der Waals surface area contributed by atoms with E-state index in [0.29, 0.717) is 24.3 Å². The van der Waals surface area contributed by atoms with Gasteiger partial charge in [-0.15, -0.1) is 0 Å². The summed E-state index contributed by atoms with van der Waals surface area (Å²) in [6, 6.07) is 0.370. The van der Waals surface area contributed by atoms with E-state index in [-0.39, 0.29) is 23.2 Å². The highest BCUT2D eigenvalue weighted by Gasteiger charge is 2.52. The summed E-state index contributed by atoms with van der Waals surface area (Å²) in [7, 11) is 0. The van der Waals surface area contributed by atoms with Gasteiger partial charge >= 0.3 is 5.97 Å². The van der Waals surface area contributed by atoms with Gasteiger partial charge in [-0.1, -0.05) is 20.8 Å². The SMILES string of the molecule is CC1(C)CC2CC(C)(CN2C(=O)[C@@H]2CC[C@H](C(=O)O)C2)C1. The van der Waals surface area contributed by atoms with Crippen molar-refractivity contribution in [2.45, 2.75) is 65.3 Å². The number of nitrogens with zero attached hydrogens (tertiary/aromatic N) is 1. The molecule has 2 unspecified atom stereocenters. The van der Waals surface area contributed by atoms with Gasteiger partial charge in [0.2, 0.25) is 5.91 Å². The fourth-order valence-electron chi connectivity index (χ4n) is 5.38. The molecule has 3 aliphatic rings. The first-order valence-corrected chi connectivity index (χ1v) is 8.22. The van der Waals surface area contributed by atoms with Crippen LogP contribution in [0.15, 0.2) is 0 Å². The predicted octanol–water partition coefficient (Wildman–Crippen LogP) is 2.91. The molecule has 0 aromatic heterocycles. The van der Waals surface area contributed by atoms with Crippen LogP contribution in [0.25, 0.3) is 0 Å². The topological polar surface area (TPSA) is 57.6 Å². The Balaban J connectivity index is 1.71. The fourth-order valence-corrected chi connectivity index (χ4v) is 5.38. The molecule has 4 atom stereocenters. The van der Waals surface area contributed by atoms with Crippen LogP contribution in [0.4, 0.5) is 0 Å². The maximum absolute atomic E-state index is 12.8. The Labute approximate surface area is 126 Å². The van der Waals surface area contributed by atoms with Gasteiger partial charge in [0.05, 0.1) is 5.92 Å². The van der Waals surface area contributed by atoms with Crippen molar-refractivity contribution in [3.63, 3.8) is 0 Å². The van der Waals surface area contributed by atoms with Gasteiger partial charge in [0.25, 0.3) is 0 Å². The monoisotopic (exact) mass is 293 g/mol. The van der Waals surface area contributed by atoms with Crippen molar-refractivity contribution in [2.75, 3.05) is 6.54 Å². The Morgan fingerprint density at radius 3 is 2.38 bits per heavy atom. The minimum absolute atomic E-state index is 0.0582. The number of amides is 1. The smallest absolute Gasteiger partial charge is 0.306 e. The fraction of sp³-hybridized carbons (Fsp3) is 0.882. The van der Waals surface area contributed by atoms with Gasteiger partial charge in [-0.25, -0.2) is 0 Å². The highest BCUT2D eigenvalue weighted by Crippen LogP contribution is 2.53. The van der Waals surface area contributed by atoms with Crippen molar-refractivity contribution in [2.24, 2.45) is 22.7 Å². The van der Waals surface area contributed by atoms with Crippen LogP contribution in [-0.4, -0.2) is 34.5 Å². The van der Waals surface area contributed by atoms with Gasteiger partial charge < -0.3 is 10.0 Å². The van der Waals surface area contributed by atoms with Crippen LogP contribution in [0.1, 0.15) is 59.3 Å². The molecule has 3 rings (SSSR count). The predicted molar refractivity (Wildman–Crippen MR) is 79.7 cm³/mol. The van der Waals surface area contributed by atoms with E-state index in [0.717, 1.165) is 25.8 Å². The second-order valence-electron chi connectivity index (χ2n) is 8.72. The first kappa shape index (κ1) is 14.9. The molecule has 2 bridgehead atoms. The molecular formula is C17H27NO3. The molecule has 0 aromatic carbocycles. The van der Waals surface area contributed by atoms with Crippen LogP contribution in [0.5, 0.6) is 0 Å². The number of carbonyl (C=O) groups is 2. The third-order valence-electron chi connectivity index (χ3n) is 5.83. The first-order chi connectivity index (χ1) is 9.69. The third-order valence-corrected chi connectivity index (χ3v) is 5.83. The zero-order valence-electron chi connectivity index (χ0n) is 13.4. The molecule has 2 aliphatic carbocycles. The Hall–Kier alpha value is -1.06. The highest BCUT2D eigenvalue weighted by atomic mass is 16.4. The van der Waals surface area contributed by atoms with Gasteiger partial charge in [0, 0.05) is 18.5 Å². The first-order valence-electron chi connectivity index (χ1n) is 8.22. The average Bonchev–Trinajstić information content (AvgIpc) is 2.90. The number of carbonyl (C=O) groups excluding carboxylic acids is 1.